The van der Waals surface area contributed by atoms with Crippen LogP contribution in [0.15, 0.2) is 24.3 Å². The highest BCUT2D eigenvalue weighted by molar-refractivity contribution is 5.92. The number of rotatable bonds is 8. The van der Waals surface area contributed by atoms with Crippen LogP contribution in [-0.2, 0) is 16.0 Å². The normalized spacial score (nSPS) is 11.8. The molecule has 1 atom stereocenters. The zero-order valence-electron chi connectivity index (χ0n) is 12.8. The van der Waals surface area contributed by atoms with Crippen molar-refractivity contribution in [3.63, 3.8) is 0 Å². The molecule has 0 aliphatic heterocycles. The fourth-order valence-corrected chi connectivity index (χ4v) is 1.97. The number of anilines is 1. The molecule has 0 aliphatic rings. The largest absolute Gasteiger partial charge is 0.356 e. The summed E-state index contributed by atoms with van der Waals surface area (Å²) in [4.78, 5) is 23.4. The van der Waals surface area contributed by atoms with Crippen molar-refractivity contribution in [1.82, 2.24) is 5.32 Å². The standard InChI is InChI=1S/C16H25N3O2/c1-3-18-15(20)11-13-6-8-14(9-7-13)19-16(21)12(2)5-4-10-17/h6-9,12H,3-5,10-11,17H2,1-2H3,(H,18,20)(H,19,21). The van der Waals surface area contributed by atoms with Crippen molar-refractivity contribution < 1.29 is 9.59 Å². The van der Waals surface area contributed by atoms with Crippen LogP contribution in [0.1, 0.15) is 32.3 Å². The van der Waals surface area contributed by atoms with Gasteiger partial charge in [0.2, 0.25) is 11.8 Å². The highest BCUT2D eigenvalue weighted by Gasteiger charge is 2.12. The van der Waals surface area contributed by atoms with Crippen molar-refractivity contribution >= 4 is 17.5 Å². The molecular formula is C16H25N3O2. The van der Waals surface area contributed by atoms with Crippen LogP contribution in [0.25, 0.3) is 0 Å². The Morgan fingerprint density at radius 1 is 1.24 bits per heavy atom. The molecule has 0 aromatic heterocycles. The highest BCUT2D eigenvalue weighted by Crippen LogP contribution is 2.13. The van der Waals surface area contributed by atoms with Gasteiger partial charge in [0.1, 0.15) is 0 Å². The summed E-state index contributed by atoms with van der Waals surface area (Å²) in [6.45, 7) is 5.02. The smallest absolute Gasteiger partial charge is 0.227 e. The number of nitrogens with one attached hydrogen (secondary N) is 2. The topological polar surface area (TPSA) is 84.2 Å². The maximum Gasteiger partial charge on any atom is 0.227 e. The maximum absolute atomic E-state index is 12.0. The zero-order chi connectivity index (χ0) is 15.7. The lowest BCUT2D eigenvalue weighted by Crippen LogP contribution is -2.24. The molecule has 1 unspecified atom stereocenters. The SMILES string of the molecule is CCNC(=O)Cc1ccc(NC(=O)C(C)CCCN)cc1. The van der Waals surface area contributed by atoms with E-state index in [0.29, 0.717) is 19.5 Å². The van der Waals surface area contributed by atoms with E-state index in [1.54, 1.807) is 0 Å². The number of nitrogens with two attached hydrogens (primary N) is 1. The Hall–Kier alpha value is -1.88. The second-order valence-corrected chi connectivity index (χ2v) is 5.15. The lowest BCUT2D eigenvalue weighted by molar-refractivity contribution is -0.120. The van der Waals surface area contributed by atoms with Crippen molar-refractivity contribution in [1.29, 1.82) is 0 Å². The number of amides is 2. The van der Waals surface area contributed by atoms with E-state index >= 15 is 0 Å². The van der Waals surface area contributed by atoms with Crippen LogP contribution in [0.2, 0.25) is 0 Å². The quantitative estimate of drug-likeness (QED) is 0.681. The molecule has 5 heteroatoms. The van der Waals surface area contributed by atoms with Gasteiger partial charge < -0.3 is 16.4 Å². The van der Waals surface area contributed by atoms with Gasteiger partial charge in [0.25, 0.3) is 0 Å². The van der Waals surface area contributed by atoms with Gasteiger partial charge >= 0.3 is 0 Å². The molecule has 0 fully saturated rings. The lowest BCUT2D eigenvalue weighted by Gasteiger charge is -2.12. The van der Waals surface area contributed by atoms with Crippen molar-refractivity contribution in [3.8, 4) is 0 Å². The molecule has 0 heterocycles. The summed E-state index contributed by atoms with van der Waals surface area (Å²) in [5, 5.41) is 5.63. The van der Waals surface area contributed by atoms with Gasteiger partial charge in [-0.1, -0.05) is 19.1 Å². The monoisotopic (exact) mass is 291 g/mol. The number of carbonyl (C=O) groups excluding carboxylic acids is 2. The predicted octanol–water partition coefficient (Wildman–Crippen LogP) is 1.68. The number of hydrogen-bond acceptors (Lipinski definition) is 3. The van der Waals surface area contributed by atoms with Crippen molar-refractivity contribution in [2.45, 2.75) is 33.1 Å². The van der Waals surface area contributed by atoms with Crippen LogP contribution in [0.3, 0.4) is 0 Å². The van der Waals surface area contributed by atoms with Crippen LogP contribution in [0, 0.1) is 5.92 Å². The minimum absolute atomic E-state index is 0.0000685. The molecule has 0 saturated heterocycles. The van der Waals surface area contributed by atoms with Crippen LogP contribution in [0.5, 0.6) is 0 Å². The summed E-state index contributed by atoms with van der Waals surface area (Å²) >= 11 is 0. The second-order valence-electron chi connectivity index (χ2n) is 5.15. The first-order valence-corrected chi connectivity index (χ1v) is 7.43. The Kier molecular flexibility index (Phi) is 7.46. The molecule has 1 aromatic rings. The molecule has 0 radical (unpaired) electrons. The first-order valence-electron chi connectivity index (χ1n) is 7.43. The molecule has 21 heavy (non-hydrogen) atoms. The van der Waals surface area contributed by atoms with Gasteiger partial charge in [-0.05, 0) is 44.0 Å². The molecule has 0 bridgehead atoms. The van der Waals surface area contributed by atoms with Crippen LogP contribution < -0.4 is 16.4 Å². The third-order valence-corrected chi connectivity index (χ3v) is 3.25. The van der Waals surface area contributed by atoms with Crippen molar-refractivity contribution in [2.24, 2.45) is 11.7 Å². The van der Waals surface area contributed by atoms with Crippen molar-refractivity contribution in [3.05, 3.63) is 29.8 Å². The predicted molar refractivity (Wildman–Crippen MR) is 84.9 cm³/mol. The van der Waals surface area contributed by atoms with Crippen molar-refractivity contribution in [2.75, 3.05) is 18.4 Å². The first-order chi connectivity index (χ1) is 10.1. The molecule has 0 spiro atoms. The second kappa shape index (κ2) is 9.13. The van der Waals surface area contributed by atoms with Gasteiger partial charge in [0.15, 0.2) is 0 Å². The van der Waals surface area contributed by atoms with Gasteiger partial charge in [-0.2, -0.15) is 0 Å². The fraction of sp³-hybridized carbons (Fsp3) is 0.500. The van der Waals surface area contributed by atoms with Crippen LogP contribution >= 0.6 is 0 Å². The van der Waals surface area contributed by atoms with Crippen LogP contribution in [0.4, 0.5) is 5.69 Å². The molecular weight excluding hydrogens is 266 g/mol. The van der Waals surface area contributed by atoms with Gasteiger partial charge in [-0.25, -0.2) is 0 Å². The summed E-state index contributed by atoms with van der Waals surface area (Å²) in [5.74, 6) is -0.0480. The third kappa shape index (κ3) is 6.40. The molecule has 0 aliphatic carbocycles. The van der Waals surface area contributed by atoms with E-state index in [4.69, 9.17) is 5.73 Å². The summed E-state index contributed by atoms with van der Waals surface area (Å²) in [6, 6.07) is 7.36. The lowest BCUT2D eigenvalue weighted by atomic mass is 10.0. The Balaban J connectivity index is 2.50. The number of carbonyl (C=O) groups is 2. The minimum atomic E-state index is -0.0523. The molecule has 5 nitrogen and oxygen atoms in total. The number of benzene rings is 1. The van der Waals surface area contributed by atoms with E-state index < -0.39 is 0 Å². The Morgan fingerprint density at radius 2 is 1.90 bits per heavy atom. The minimum Gasteiger partial charge on any atom is -0.356 e. The summed E-state index contributed by atoms with van der Waals surface area (Å²) in [6.07, 6.45) is 1.99. The van der Waals surface area contributed by atoms with Gasteiger partial charge in [-0.3, -0.25) is 9.59 Å². The molecule has 0 saturated carbocycles. The Bertz CT molecular complexity index is 457. The molecule has 1 rings (SSSR count). The first kappa shape index (κ1) is 17.2. The van der Waals surface area contributed by atoms with Crippen LogP contribution in [-0.4, -0.2) is 24.9 Å². The molecule has 116 valence electrons. The Labute approximate surface area is 126 Å². The molecule has 4 N–H and O–H groups in total. The third-order valence-electron chi connectivity index (χ3n) is 3.25. The summed E-state index contributed by atoms with van der Waals surface area (Å²) in [5.41, 5.74) is 7.12. The number of likely N-dealkylation sites (N-methyl/N-ethyl adjacent to an activating group) is 1. The van der Waals surface area contributed by atoms with Gasteiger partial charge in [-0.15, -0.1) is 0 Å². The number of hydrogen-bond donors (Lipinski definition) is 3. The average Bonchev–Trinajstić information content (AvgIpc) is 2.47. The summed E-state index contributed by atoms with van der Waals surface area (Å²) in [7, 11) is 0. The van der Waals surface area contributed by atoms with E-state index in [0.717, 1.165) is 24.1 Å². The fourth-order valence-electron chi connectivity index (χ4n) is 1.97. The molecule has 1 aromatic carbocycles. The van der Waals surface area contributed by atoms with E-state index in [2.05, 4.69) is 10.6 Å². The Morgan fingerprint density at radius 3 is 2.48 bits per heavy atom. The highest BCUT2D eigenvalue weighted by atomic mass is 16.2. The van der Waals surface area contributed by atoms with E-state index in [1.807, 2.05) is 38.1 Å². The van der Waals surface area contributed by atoms with Gasteiger partial charge in [0.05, 0.1) is 6.42 Å². The van der Waals surface area contributed by atoms with Gasteiger partial charge in [0, 0.05) is 18.2 Å². The van der Waals surface area contributed by atoms with E-state index in [-0.39, 0.29) is 17.7 Å². The zero-order valence-corrected chi connectivity index (χ0v) is 12.8. The summed E-state index contributed by atoms with van der Waals surface area (Å²) < 4.78 is 0. The van der Waals surface area contributed by atoms with E-state index in [9.17, 15) is 9.59 Å². The maximum atomic E-state index is 12.0. The average molecular weight is 291 g/mol. The van der Waals surface area contributed by atoms with E-state index in [1.165, 1.54) is 0 Å². The molecule has 2 amide bonds.